The van der Waals surface area contributed by atoms with Crippen molar-refractivity contribution in [3.8, 4) is 0 Å². The number of nitrogens with zero attached hydrogens (tertiary/aromatic N) is 4. The molecule has 0 spiro atoms. The lowest BCUT2D eigenvalue weighted by Crippen LogP contribution is -2.49. The standard InChI is InChI=1S/C18H20FN5O3/c1-2-27-18(26)24-10-8-23(9-11-24)16-7-6-15(21-22-16)17(25)20-14-5-3-4-13(19)12-14/h3-7,12H,2,8-11H2,1H3,(H,20,25). The number of benzene rings is 1. The lowest BCUT2D eigenvalue weighted by atomic mass is 10.3. The quantitative estimate of drug-likeness (QED) is 0.884. The molecule has 2 aromatic rings. The van der Waals surface area contributed by atoms with Crippen LogP contribution >= 0.6 is 0 Å². The highest BCUT2D eigenvalue weighted by Crippen LogP contribution is 2.15. The molecule has 0 unspecified atom stereocenters. The second-order valence-corrected chi connectivity index (χ2v) is 5.91. The number of ether oxygens (including phenoxy) is 1. The van der Waals surface area contributed by atoms with E-state index >= 15 is 0 Å². The van der Waals surface area contributed by atoms with Gasteiger partial charge in [-0.05, 0) is 37.3 Å². The van der Waals surface area contributed by atoms with Crippen LogP contribution in [0.15, 0.2) is 36.4 Å². The van der Waals surface area contributed by atoms with Crippen molar-refractivity contribution in [3.63, 3.8) is 0 Å². The number of carbonyl (C=O) groups is 2. The highest BCUT2D eigenvalue weighted by atomic mass is 19.1. The molecule has 1 aromatic carbocycles. The van der Waals surface area contributed by atoms with Gasteiger partial charge in [0.25, 0.3) is 5.91 Å². The molecule has 1 aliphatic heterocycles. The van der Waals surface area contributed by atoms with Crippen LogP contribution in [0.5, 0.6) is 0 Å². The summed E-state index contributed by atoms with van der Waals surface area (Å²) >= 11 is 0. The first kappa shape index (κ1) is 18.6. The molecule has 1 saturated heterocycles. The van der Waals surface area contributed by atoms with E-state index in [1.807, 2.05) is 4.90 Å². The van der Waals surface area contributed by atoms with E-state index in [1.54, 1.807) is 30.0 Å². The van der Waals surface area contributed by atoms with Gasteiger partial charge in [-0.15, -0.1) is 10.2 Å². The first-order valence-electron chi connectivity index (χ1n) is 8.64. The number of halogens is 1. The van der Waals surface area contributed by atoms with Crippen LogP contribution in [0.2, 0.25) is 0 Å². The van der Waals surface area contributed by atoms with Crippen LogP contribution in [0, 0.1) is 5.82 Å². The lowest BCUT2D eigenvalue weighted by molar-refractivity contribution is 0.101. The fourth-order valence-corrected chi connectivity index (χ4v) is 2.71. The molecular weight excluding hydrogens is 353 g/mol. The molecule has 1 fully saturated rings. The van der Waals surface area contributed by atoms with Crippen LogP contribution in [-0.2, 0) is 4.74 Å². The minimum atomic E-state index is -0.466. The minimum Gasteiger partial charge on any atom is -0.450 e. The van der Waals surface area contributed by atoms with Gasteiger partial charge in [-0.25, -0.2) is 9.18 Å². The summed E-state index contributed by atoms with van der Waals surface area (Å²) in [5, 5.41) is 10.6. The molecule has 3 rings (SSSR count). The Balaban J connectivity index is 1.57. The molecule has 2 heterocycles. The Bertz CT molecular complexity index is 807. The Morgan fingerprint density at radius 3 is 2.56 bits per heavy atom. The van der Waals surface area contributed by atoms with Crippen molar-refractivity contribution in [3.05, 3.63) is 47.9 Å². The van der Waals surface area contributed by atoms with Gasteiger partial charge in [0, 0.05) is 31.9 Å². The fraction of sp³-hybridized carbons (Fsp3) is 0.333. The second-order valence-electron chi connectivity index (χ2n) is 5.91. The molecule has 2 amide bonds. The molecule has 8 nitrogen and oxygen atoms in total. The van der Waals surface area contributed by atoms with Crippen LogP contribution in [0.4, 0.5) is 20.7 Å². The highest BCUT2D eigenvalue weighted by Gasteiger charge is 2.23. The number of nitrogens with one attached hydrogen (secondary N) is 1. The van der Waals surface area contributed by atoms with Gasteiger partial charge in [0.2, 0.25) is 0 Å². The van der Waals surface area contributed by atoms with E-state index in [4.69, 9.17) is 4.74 Å². The minimum absolute atomic E-state index is 0.133. The smallest absolute Gasteiger partial charge is 0.409 e. The van der Waals surface area contributed by atoms with E-state index in [-0.39, 0.29) is 11.8 Å². The predicted octanol–water partition coefficient (Wildman–Crippen LogP) is 2.15. The zero-order valence-electron chi connectivity index (χ0n) is 14.9. The number of piperazine rings is 1. The number of aromatic nitrogens is 2. The van der Waals surface area contributed by atoms with Gasteiger partial charge >= 0.3 is 6.09 Å². The third kappa shape index (κ3) is 4.69. The molecule has 1 aliphatic rings. The van der Waals surface area contributed by atoms with E-state index < -0.39 is 11.7 Å². The highest BCUT2D eigenvalue weighted by molar-refractivity contribution is 6.02. The number of anilines is 2. The summed E-state index contributed by atoms with van der Waals surface area (Å²) in [5.74, 6) is -0.274. The summed E-state index contributed by atoms with van der Waals surface area (Å²) in [6, 6.07) is 8.89. The zero-order chi connectivity index (χ0) is 19.2. The summed E-state index contributed by atoms with van der Waals surface area (Å²) in [6.07, 6.45) is -0.312. The average molecular weight is 373 g/mol. The van der Waals surface area contributed by atoms with Crippen molar-refractivity contribution in [2.45, 2.75) is 6.92 Å². The van der Waals surface area contributed by atoms with E-state index in [0.717, 1.165) is 0 Å². The molecule has 27 heavy (non-hydrogen) atoms. The van der Waals surface area contributed by atoms with Crippen LogP contribution in [0.1, 0.15) is 17.4 Å². The van der Waals surface area contributed by atoms with E-state index in [2.05, 4.69) is 15.5 Å². The first-order valence-corrected chi connectivity index (χ1v) is 8.64. The lowest BCUT2D eigenvalue weighted by Gasteiger charge is -2.34. The van der Waals surface area contributed by atoms with Gasteiger partial charge in [-0.2, -0.15) is 0 Å². The van der Waals surface area contributed by atoms with Crippen molar-refractivity contribution in [1.29, 1.82) is 0 Å². The summed E-state index contributed by atoms with van der Waals surface area (Å²) in [7, 11) is 0. The van der Waals surface area contributed by atoms with Gasteiger partial charge in [0.15, 0.2) is 11.5 Å². The van der Waals surface area contributed by atoms with Gasteiger partial charge in [-0.1, -0.05) is 6.07 Å². The molecule has 0 radical (unpaired) electrons. The summed E-state index contributed by atoms with van der Waals surface area (Å²) in [6.45, 7) is 4.38. The molecule has 142 valence electrons. The number of hydrogen-bond acceptors (Lipinski definition) is 6. The van der Waals surface area contributed by atoms with E-state index in [1.165, 1.54) is 18.2 Å². The van der Waals surface area contributed by atoms with Crippen molar-refractivity contribution in [2.24, 2.45) is 0 Å². The Labute approximate surface area is 155 Å². The molecule has 1 N–H and O–H groups in total. The first-order chi connectivity index (χ1) is 13.1. The molecule has 0 atom stereocenters. The summed E-state index contributed by atoms with van der Waals surface area (Å²) in [4.78, 5) is 27.5. The van der Waals surface area contributed by atoms with Gasteiger partial charge < -0.3 is 19.9 Å². The number of rotatable bonds is 4. The topological polar surface area (TPSA) is 87.7 Å². The Morgan fingerprint density at radius 1 is 1.15 bits per heavy atom. The van der Waals surface area contributed by atoms with Crippen LogP contribution in [0.3, 0.4) is 0 Å². The molecule has 9 heteroatoms. The Kier molecular flexibility index (Phi) is 5.80. The maximum Gasteiger partial charge on any atom is 0.409 e. The molecule has 0 bridgehead atoms. The third-order valence-electron chi connectivity index (χ3n) is 4.10. The van der Waals surface area contributed by atoms with E-state index in [9.17, 15) is 14.0 Å². The van der Waals surface area contributed by atoms with Gasteiger partial charge in [0.05, 0.1) is 6.61 Å². The fourth-order valence-electron chi connectivity index (χ4n) is 2.71. The largest absolute Gasteiger partial charge is 0.450 e. The van der Waals surface area contributed by atoms with Gasteiger partial charge in [0.1, 0.15) is 5.82 Å². The maximum absolute atomic E-state index is 13.2. The molecule has 0 aliphatic carbocycles. The van der Waals surface area contributed by atoms with E-state index in [0.29, 0.717) is 44.3 Å². The second kappa shape index (κ2) is 8.43. The van der Waals surface area contributed by atoms with Crippen LogP contribution < -0.4 is 10.2 Å². The molecular formula is C18H20FN5O3. The zero-order valence-corrected chi connectivity index (χ0v) is 14.9. The average Bonchev–Trinajstić information content (AvgIpc) is 2.68. The number of carbonyl (C=O) groups excluding carboxylic acids is 2. The Hall–Kier alpha value is -3.23. The van der Waals surface area contributed by atoms with Crippen LogP contribution in [-0.4, -0.2) is 59.9 Å². The maximum atomic E-state index is 13.2. The monoisotopic (exact) mass is 373 g/mol. The third-order valence-corrected chi connectivity index (χ3v) is 4.10. The molecule has 0 saturated carbocycles. The predicted molar refractivity (Wildman–Crippen MR) is 97.2 cm³/mol. The summed E-state index contributed by atoms with van der Waals surface area (Å²) < 4.78 is 18.2. The number of hydrogen-bond donors (Lipinski definition) is 1. The normalized spacial score (nSPS) is 14.0. The van der Waals surface area contributed by atoms with Crippen LogP contribution in [0.25, 0.3) is 0 Å². The SMILES string of the molecule is CCOC(=O)N1CCN(c2ccc(C(=O)Nc3cccc(F)c3)nn2)CC1. The van der Waals surface area contributed by atoms with Crippen molar-refractivity contribution in [2.75, 3.05) is 43.0 Å². The number of amides is 2. The Morgan fingerprint density at radius 2 is 1.93 bits per heavy atom. The van der Waals surface area contributed by atoms with Crippen molar-refractivity contribution in [1.82, 2.24) is 15.1 Å². The van der Waals surface area contributed by atoms with Crippen molar-refractivity contribution < 1.29 is 18.7 Å². The van der Waals surface area contributed by atoms with Crippen molar-refractivity contribution >= 4 is 23.5 Å². The molecule has 1 aromatic heterocycles. The summed E-state index contributed by atoms with van der Waals surface area (Å²) in [5.41, 5.74) is 0.481. The van der Waals surface area contributed by atoms with Gasteiger partial charge in [-0.3, -0.25) is 4.79 Å².